The van der Waals surface area contributed by atoms with Gasteiger partial charge in [-0.25, -0.2) is 0 Å². The summed E-state index contributed by atoms with van der Waals surface area (Å²) < 4.78 is 11.5. The minimum Gasteiger partial charge on any atom is -0.490 e. The van der Waals surface area contributed by atoms with Crippen molar-refractivity contribution in [3.05, 3.63) is 23.8 Å². The van der Waals surface area contributed by atoms with Crippen LogP contribution in [-0.4, -0.2) is 13.2 Å². The van der Waals surface area contributed by atoms with Crippen LogP contribution in [0.1, 0.15) is 45.1 Å². The van der Waals surface area contributed by atoms with Gasteiger partial charge >= 0.3 is 0 Å². The molecule has 1 rings (SSSR count). The molecule has 0 aliphatic heterocycles. The summed E-state index contributed by atoms with van der Waals surface area (Å²) in [6.07, 6.45) is 4.47. The van der Waals surface area contributed by atoms with Crippen LogP contribution >= 0.6 is 0 Å². The lowest BCUT2D eigenvalue weighted by Crippen LogP contribution is -2.02. The molecule has 0 saturated carbocycles. The topological polar surface area (TPSA) is 18.5 Å². The Labute approximate surface area is 105 Å². The summed E-state index contributed by atoms with van der Waals surface area (Å²) in [4.78, 5) is 0. The fourth-order valence-corrected chi connectivity index (χ4v) is 1.50. The molecule has 0 heterocycles. The summed E-state index contributed by atoms with van der Waals surface area (Å²) in [5, 5.41) is 0. The molecule has 0 radical (unpaired) electrons. The molecule has 0 aliphatic carbocycles. The van der Waals surface area contributed by atoms with E-state index in [0.717, 1.165) is 50.4 Å². The van der Waals surface area contributed by atoms with E-state index in [1.54, 1.807) is 0 Å². The first-order valence-electron chi connectivity index (χ1n) is 6.64. The molecule has 0 unspecified atom stereocenters. The maximum Gasteiger partial charge on any atom is 0.161 e. The minimum atomic E-state index is 0.768. The van der Waals surface area contributed by atoms with Crippen molar-refractivity contribution in [1.82, 2.24) is 0 Å². The first-order valence-corrected chi connectivity index (χ1v) is 6.64. The molecule has 2 heteroatoms. The Bertz CT molecular complexity index is 321. The molecule has 17 heavy (non-hydrogen) atoms. The summed E-state index contributed by atoms with van der Waals surface area (Å²) in [6, 6.07) is 6.12. The first-order chi connectivity index (χ1) is 8.27. The van der Waals surface area contributed by atoms with Crippen molar-refractivity contribution in [2.45, 2.75) is 46.5 Å². The van der Waals surface area contributed by atoms with Crippen LogP contribution in [0.3, 0.4) is 0 Å². The van der Waals surface area contributed by atoms with Crippen LogP contribution in [0.15, 0.2) is 18.2 Å². The van der Waals surface area contributed by atoms with Crippen LogP contribution in [0, 0.1) is 6.92 Å². The third-order valence-corrected chi connectivity index (χ3v) is 2.61. The van der Waals surface area contributed by atoms with Crippen molar-refractivity contribution in [3.63, 3.8) is 0 Å². The largest absolute Gasteiger partial charge is 0.490 e. The summed E-state index contributed by atoms with van der Waals surface area (Å²) in [6.45, 7) is 7.94. The molecule has 96 valence electrons. The molecule has 0 saturated heterocycles. The Kier molecular flexibility index (Phi) is 6.53. The van der Waals surface area contributed by atoms with E-state index in [1.807, 2.05) is 6.07 Å². The Morgan fingerprint density at radius 1 is 0.882 bits per heavy atom. The van der Waals surface area contributed by atoms with Crippen LogP contribution < -0.4 is 9.47 Å². The number of rotatable bonds is 8. The van der Waals surface area contributed by atoms with E-state index in [4.69, 9.17) is 9.47 Å². The van der Waals surface area contributed by atoms with E-state index in [0.29, 0.717) is 0 Å². The second-order valence-electron chi connectivity index (χ2n) is 4.35. The Morgan fingerprint density at radius 3 is 2.06 bits per heavy atom. The zero-order chi connectivity index (χ0) is 12.5. The van der Waals surface area contributed by atoms with E-state index >= 15 is 0 Å². The van der Waals surface area contributed by atoms with Crippen molar-refractivity contribution in [1.29, 1.82) is 0 Å². The number of aryl methyl sites for hydroxylation is 1. The molecule has 0 amide bonds. The molecule has 2 nitrogen and oxygen atoms in total. The fourth-order valence-electron chi connectivity index (χ4n) is 1.50. The van der Waals surface area contributed by atoms with Gasteiger partial charge in [0, 0.05) is 0 Å². The van der Waals surface area contributed by atoms with Gasteiger partial charge in [-0.2, -0.15) is 0 Å². The smallest absolute Gasteiger partial charge is 0.161 e. The first kappa shape index (κ1) is 13.9. The third kappa shape index (κ3) is 5.12. The molecule has 1 aromatic rings. The molecule has 0 N–H and O–H groups in total. The van der Waals surface area contributed by atoms with Crippen molar-refractivity contribution < 1.29 is 9.47 Å². The molecule has 0 aliphatic rings. The second-order valence-corrected chi connectivity index (χ2v) is 4.35. The highest BCUT2D eigenvalue weighted by Crippen LogP contribution is 2.28. The molecule has 1 aromatic carbocycles. The van der Waals surface area contributed by atoms with E-state index in [-0.39, 0.29) is 0 Å². The standard InChI is InChI=1S/C15H24O2/c1-4-6-10-16-14-9-8-13(3)12-15(14)17-11-7-5-2/h8-9,12H,4-7,10-11H2,1-3H3. The van der Waals surface area contributed by atoms with Crippen LogP contribution in [-0.2, 0) is 0 Å². The Hall–Kier alpha value is -1.18. The molecule has 0 spiro atoms. The third-order valence-electron chi connectivity index (χ3n) is 2.61. The van der Waals surface area contributed by atoms with Crippen LogP contribution in [0.2, 0.25) is 0 Å². The van der Waals surface area contributed by atoms with Gasteiger partial charge in [0.1, 0.15) is 0 Å². The van der Waals surface area contributed by atoms with Crippen molar-refractivity contribution in [2.24, 2.45) is 0 Å². The number of hydrogen-bond donors (Lipinski definition) is 0. The average Bonchev–Trinajstić information content (AvgIpc) is 2.32. The highest BCUT2D eigenvalue weighted by Gasteiger charge is 2.05. The van der Waals surface area contributed by atoms with E-state index in [9.17, 15) is 0 Å². The zero-order valence-electron chi connectivity index (χ0n) is 11.3. The van der Waals surface area contributed by atoms with Gasteiger partial charge in [0.05, 0.1) is 13.2 Å². The minimum absolute atomic E-state index is 0.768. The predicted octanol–water partition coefficient (Wildman–Crippen LogP) is 4.35. The number of unbranched alkanes of at least 4 members (excludes halogenated alkanes) is 2. The maximum atomic E-state index is 5.76. The lowest BCUT2D eigenvalue weighted by atomic mass is 10.2. The monoisotopic (exact) mass is 236 g/mol. The van der Waals surface area contributed by atoms with Crippen molar-refractivity contribution >= 4 is 0 Å². The van der Waals surface area contributed by atoms with Gasteiger partial charge in [-0.05, 0) is 37.5 Å². The van der Waals surface area contributed by atoms with Gasteiger partial charge in [-0.1, -0.05) is 32.8 Å². The molecule has 0 bridgehead atoms. The highest BCUT2D eigenvalue weighted by atomic mass is 16.5. The lowest BCUT2D eigenvalue weighted by molar-refractivity contribution is 0.262. The SMILES string of the molecule is CCCCOc1ccc(C)cc1OCCCC. The summed E-state index contributed by atoms with van der Waals surface area (Å²) >= 11 is 0. The summed E-state index contributed by atoms with van der Waals surface area (Å²) in [7, 11) is 0. The summed E-state index contributed by atoms with van der Waals surface area (Å²) in [5.41, 5.74) is 1.21. The molecular weight excluding hydrogens is 212 g/mol. The maximum absolute atomic E-state index is 5.76. The molecule has 0 aromatic heterocycles. The highest BCUT2D eigenvalue weighted by molar-refractivity contribution is 5.42. The van der Waals surface area contributed by atoms with E-state index < -0.39 is 0 Å². The zero-order valence-corrected chi connectivity index (χ0v) is 11.3. The lowest BCUT2D eigenvalue weighted by Gasteiger charge is -2.13. The summed E-state index contributed by atoms with van der Waals surface area (Å²) in [5.74, 6) is 1.76. The van der Waals surface area contributed by atoms with Gasteiger partial charge in [0.2, 0.25) is 0 Å². The average molecular weight is 236 g/mol. The molecular formula is C15H24O2. The predicted molar refractivity (Wildman–Crippen MR) is 72.0 cm³/mol. The quantitative estimate of drug-likeness (QED) is 0.625. The second kappa shape index (κ2) is 7.99. The van der Waals surface area contributed by atoms with Gasteiger partial charge in [-0.15, -0.1) is 0 Å². The van der Waals surface area contributed by atoms with Crippen LogP contribution in [0.25, 0.3) is 0 Å². The number of ether oxygens (including phenoxy) is 2. The van der Waals surface area contributed by atoms with Gasteiger partial charge in [-0.3, -0.25) is 0 Å². The normalized spacial score (nSPS) is 10.3. The molecule has 0 fully saturated rings. The van der Waals surface area contributed by atoms with Crippen LogP contribution in [0.4, 0.5) is 0 Å². The molecule has 0 atom stereocenters. The van der Waals surface area contributed by atoms with Gasteiger partial charge in [0.25, 0.3) is 0 Å². The van der Waals surface area contributed by atoms with Gasteiger partial charge < -0.3 is 9.47 Å². The fraction of sp³-hybridized carbons (Fsp3) is 0.600. The van der Waals surface area contributed by atoms with Crippen LogP contribution in [0.5, 0.6) is 11.5 Å². The number of hydrogen-bond acceptors (Lipinski definition) is 2. The van der Waals surface area contributed by atoms with Crippen molar-refractivity contribution in [2.75, 3.05) is 13.2 Å². The van der Waals surface area contributed by atoms with Crippen molar-refractivity contribution in [3.8, 4) is 11.5 Å². The van der Waals surface area contributed by atoms with E-state index in [1.165, 1.54) is 5.56 Å². The Morgan fingerprint density at radius 2 is 1.47 bits per heavy atom. The number of benzene rings is 1. The van der Waals surface area contributed by atoms with Gasteiger partial charge in [0.15, 0.2) is 11.5 Å². The Balaban J connectivity index is 2.59. The van der Waals surface area contributed by atoms with E-state index in [2.05, 4.69) is 32.9 Å².